The summed E-state index contributed by atoms with van der Waals surface area (Å²) < 4.78 is 0. The SMILES string of the molecule is O=C(O)[C@@H]1CCCN1c1nc2ccccc2[nH]1. The van der Waals surface area contributed by atoms with Crippen molar-refractivity contribution in [3.63, 3.8) is 0 Å². The van der Waals surface area contributed by atoms with Crippen LogP contribution in [-0.2, 0) is 4.79 Å². The van der Waals surface area contributed by atoms with E-state index in [9.17, 15) is 4.79 Å². The summed E-state index contributed by atoms with van der Waals surface area (Å²) in [7, 11) is 0. The van der Waals surface area contributed by atoms with Crippen molar-refractivity contribution in [1.29, 1.82) is 0 Å². The first-order chi connectivity index (χ1) is 8.25. The number of benzene rings is 1. The van der Waals surface area contributed by atoms with Gasteiger partial charge in [-0.05, 0) is 25.0 Å². The number of carboxylic acid groups (broad SMARTS) is 1. The van der Waals surface area contributed by atoms with Gasteiger partial charge in [0.1, 0.15) is 6.04 Å². The van der Waals surface area contributed by atoms with Crippen molar-refractivity contribution in [3.05, 3.63) is 24.3 Å². The molecule has 1 aliphatic heterocycles. The first kappa shape index (κ1) is 10.1. The number of hydrogen-bond donors (Lipinski definition) is 2. The molecule has 1 aromatic carbocycles. The lowest BCUT2D eigenvalue weighted by Gasteiger charge is -2.19. The van der Waals surface area contributed by atoms with Crippen LogP contribution in [0.5, 0.6) is 0 Å². The average molecular weight is 231 g/mol. The van der Waals surface area contributed by atoms with Gasteiger partial charge in [0.05, 0.1) is 11.0 Å². The highest BCUT2D eigenvalue weighted by Gasteiger charge is 2.32. The van der Waals surface area contributed by atoms with Gasteiger partial charge in [-0.15, -0.1) is 0 Å². The third-order valence-corrected chi connectivity index (χ3v) is 3.19. The van der Waals surface area contributed by atoms with Crippen molar-refractivity contribution in [3.8, 4) is 0 Å². The molecule has 17 heavy (non-hydrogen) atoms. The number of fused-ring (bicyclic) bond motifs is 1. The Morgan fingerprint density at radius 2 is 2.29 bits per heavy atom. The molecule has 1 saturated heterocycles. The summed E-state index contributed by atoms with van der Waals surface area (Å²) in [6.07, 6.45) is 1.58. The fourth-order valence-electron chi connectivity index (χ4n) is 2.35. The number of aliphatic carboxylic acids is 1. The first-order valence-electron chi connectivity index (χ1n) is 5.70. The van der Waals surface area contributed by atoms with Gasteiger partial charge in [-0.3, -0.25) is 0 Å². The smallest absolute Gasteiger partial charge is 0.326 e. The quantitative estimate of drug-likeness (QED) is 0.824. The molecule has 0 radical (unpaired) electrons. The summed E-state index contributed by atoms with van der Waals surface area (Å²) in [6.45, 7) is 0.747. The Hall–Kier alpha value is -2.04. The lowest BCUT2D eigenvalue weighted by atomic mass is 10.2. The van der Waals surface area contributed by atoms with E-state index in [1.165, 1.54) is 0 Å². The maximum atomic E-state index is 11.1. The Morgan fingerprint density at radius 1 is 1.47 bits per heavy atom. The van der Waals surface area contributed by atoms with E-state index in [1.54, 1.807) is 0 Å². The van der Waals surface area contributed by atoms with Crippen LogP contribution in [-0.4, -0.2) is 33.6 Å². The monoisotopic (exact) mass is 231 g/mol. The normalized spacial score (nSPS) is 20.0. The van der Waals surface area contributed by atoms with Crippen LogP contribution in [0.3, 0.4) is 0 Å². The van der Waals surface area contributed by atoms with Gasteiger partial charge in [0, 0.05) is 6.54 Å². The van der Waals surface area contributed by atoms with Crippen LogP contribution in [0.2, 0.25) is 0 Å². The molecule has 5 nitrogen and oxygen atoms in total. The standard InChI is InChI=1S/C12H13N3O2/c16-11(17)10-6-3-7-15(10)12-13-8-4-1-2-5-9(8)14-12/h1-2,4-5,10H,3,6-7H2,(H,13,14)(H,16,17)/t10-/m0/s1. The molecule has 0 aliphatic carbocycles. The highest BCUT2D eigenvalue weighted by atomic mass is 16.4. The highest BCUT2D eigenvalue weighted by molar-refractivity contribution is 5.81. The van der Waals surface area contributed by atoms with Crippen molar-refractivity contribution >= 4 is 23.0 Å². The lowest BCUT2D eigenvalue weighted by molar-refractivity contribution is -0.138. The van der Waals surface area contributed by atoms with Crippen LogP contribution in [0, 0.1) is 0 Å². The molecule has 2 aromatic rings. The van der Waals surface area contributed by atoms with E-state index in [-0.39, 0.29) is 0 Å². The molecular weight excluding hydrogens is 218 g/mol. The van der Waals surface area contributed by atoms with E-state index >= 15 is 0 Å². The lowest BCUT2D eigenvalue weighted by Crippen LogP contribution is -2.36. The Balaban J connectivity index is 2.00. The number of rotatable bonds is 2. The Morgan fingerprint density at radius 3 is 3.06 bits per heavy atom. The first-order valence-corrected chi connectivity index (χ1v) is 5.70. The van der Waals surface area contributed by atoms with Crippen molar-refractivity contribution < 1.29 is 9.90 Å². The zero-order valence-electron chi connectivity index (χ0n) is 9.26. The molecule has 0 spiro atoms. The van der Waals surface area contributed by atoms with E-state index < -0.39 is 12.0 Å². The summed E-state index contributed by atoms with van der Waals surface area (Å²) in [6, 6.07) is 7.27. The summed E-state index contributed by atoms with van der Waals surface area (Å²) in [5, 5.41) is 9.14. The van der Waals surface area contributed by atoms with E-state index in [0.717, 1.165) is 24.0 Å². The molecule has 3 rings (SSSR count). The Kier molecular flexibility index (Phi) is 2.24. The number of H-pyrrole nitrogens is 1. The fraction of sp³-hybridized carbons (Fsp3) is 0.333. The van der Waals surface area contributed by atoms with Crippen molar-refractivity contribution in [2.45, 2.75) is 18.9 Å². The van der Waals surface area contributed by atoms with Gasteiger partial charge in [0.2, 0.25) is 5.95 Å². The molecule has 1 aliphatic rings. The van der Waals surface area contributed by atoms with Gasteiger partial charge in [0.15, 0.2) is 0 Å². The number of para-hydroxylation sites is 2. The minimum atomic E-state index is -0.775. The van der Waals surface area contributed by atoms with Gasteiger partial charge < -0.3 is 15.0 Å². The molecule has 0 saturated carbocycles. The summed E-state index contributed by atoms with van der Waals surface area (Å²) in [5.74, 6) is -0.112. The molecule has 2 heterocycles. The van der Waals surface area contributed by atoms with E-state index in [1.807, 2.05) is 29.2 Å². The number of aromatic amines is 1. The van der Waals surface area contributed by atoms with Crippen molar-refractivity contribution in [2.24, 2.45) is 0 Å². The molecule has 0 unspecified atom stereocenters. The number of imidazole rings is 1. The number of aromatic nitrogens is 2. The molecule has 0 amide bonds. The predicted octanol–water partition coefficient (Wildman–Crippen LogP) is 1.62. The van der Waals surface area contributed by atoms with Crippen LogP contribution in [0.4, 0.5) is 5.95 Å². The van der Waals surface area contributed by atoms with Gasteiger partial charge in [-0.25, -0.2) is 9.78 Å². The largest absolute Gasteiger partial charge is 0.480 e. The molecule has 1 aromatic heterocycles. The zero-order chi connectivity index (χ0) is 11.8. The molecule has 2 N–H and O–H groups in total. The molecule has 5 heteroatoms. The van der Waals surface area contributed by atoms with E-state index in [0.29, 0.717) is 12.4 Å². The van der Waals surface area contributed by atoms with Crippen molar-refractivity contribution in [2.75, 3.05) is 11.4 Å². The fourth-order valence-corrected chi connectivity index (χ4v) is 2.35. The molecule has 0 bridgehead atoms. The molecule has 1 fully saturated rings. The Labute approximate surface area is 98.1 Å². The van der Waals surface area contributed by atoms with Crippen molar-refractivity contribution in [1.82, 2.24) is 9.97 Å². The van der Waals surface area contributed by atoms with Crippen LogP contribution < -0.4 is 4.90 Å². The minimum Gasteiger partial charge on any atom is -0.480 e. The number of hydrogen-bond acceptors (Lipinski definition) is 3. The number of nitrogens with zero attached hydrogens (tertiary/aromatic N) is 2. The third kappa shape index (κ3) is 1.63. The number of anilines is 1. The minimum absolute atomic E-state index is 0.449. The third-order valence-electron chi connectivity index (χ3n) is 3.19. The second-order valence-corrected chi connectivity index (χ2v) is 4.27. The maximum absolute atomic E-state index is 11.1. The second-order valence-electron chi connectivity index (χ2n) is 4.27. The van der Waals surface area contributed by atoms with E-state index in [4.69, 9.17) is 5.11 Å². The van der Waals surface area contributed by atoms with Crippen LogP contribution in [0.25, 0.3) is 11.0 Å². The van der Waals surface area contributed by atoms with Gasteiger partial charge >= 0.3 is 5.97 Å². The summed E-state index contributed by atoms with van der Waals surface area (Å²) in [5.41, 5.74) is 1.82. The average Bonchev–Trinajstić information content (AvgIpc) is 2.95. The summed E-state index contributed by atoms with van der Waals surface area (Å²) in [4.78, 5) is 20.6. The molecular formula is C12H13N3O2. The Bertz CT molecular complexity index is 531. The van der Waals surface area contributed by atoms with E-state index in [2.05, 4.69) is 9.97 Å². The van der Waals surface area contributed by atoms with Gasteiger partial charge in [-0.1, -0.05) is 12.1 Å². The molecule has 1 atom stereocenters. The van der Waals surface area contributed by atoms with Crippen LogP contribution >= 0.6 is 0 Å². The second kappa shape index (κ2) is 3.76. The topological polar surface area (TPSA) is 69.2 Å². The van der Waals surface area contributed by atoms with Crippen LogP contribution in [0.1, 0.15) is 12.8 Å². The predicted molar refractivity (Wildman–Crippen MR) is 64.1 cm³/mol. The van der Waals surface area contributed by atoms with Gasteiger partial charge in [-0.2, -0.15) is 0 Å². The van der Waals surface area contributed by atoms with Crippen LogP contribution in [0.15, 0.2) is 24.3 Å². The summed E-state index contributed by atoms with van der Waals surface area (Å²) >= 11 is 0. The number of nitrogens with one attached hydrogen (secondary N) is 1. The molecule has 88 valence electrons. The maximum Gasteiger partial charge on any atom is 0.326 e. The number of carbonyl (C=O) groups is 1. The number of carboxylic acids is 1. The zero-order valence-corrected chi connectivity index (χ0v) is 9.26. The van der Waals surface area contributed by atoms with Gasteiger partial charge in [0.25, 0.3) is 0 Å². The highest BCUT2D eigenvalue weighted by Crippen LogP contribution is 2.25.